The molecular weight excluding hydrogens is 440 g/mol. The van der Waals surface area contributed by atoms with Gasteiger partial charge in [0.1, 0.15) is 34.7 Å². The summed E-state index contributed by atoms with van der Waals surface area (Å²) in [5, 5.41) is 18.9. The monoisotopic (exact) mass is 448 g/mol. The second-order valence-electron chi connectivity index (χ2n) is 7.31. The second kappa shape index (κ2) is 7.02. The van der Waals surface area contributed by atoms with Crippen molar-refractivity contribution < 1.29 is 28.8 Å². The predicted molar refractivity (Wildman–Crippen MR) is 109 cm³/mol. The molecule has 1 aliphatic carbocycles. The summed E-state index contributed by atoms with van der Waals surface area (Å²) in [6, 6.07) is 14.1. The molecule has 34 heavy (non-hydrogen) atoms. The van der Waals surface area contributed by atoms with Gasteiger partial charge in [0.15, 0.2) is 0 Å². The molecular formula is C24H8N4O6. The first-order valence-electron chi connectivity index (χ1n) is 9.67. The molecule has 0 fully saturated rings. The molecule has 0 atom stereocenters. The molecule has 0 spiro atoms. The zero-order valence-corrected chi connectivity index (χ0v) is 16.9. The maximum Gasteiger partial charge on any atom is 0.266 e. The van der Waals surface area contributed by atoms with E-state index in [1.807, 2.05) is 0 Å². The number of imide groups is 2. The molecule has 0 unspecified atom stereocenters. The van der Waals surface area contributed by atoms with Crippen LogP contribution < -0.4 is 0 Å². The van der Waals surface area contributed by atoms with Gasteiger partial charge in [0.2, 0.25) is 11.6 Å². The largest absolute Gasteiger partial charge is 0.286 e. The summed E-state index contributed by atoms with van der Waals surface area (Å²) < 4.78 is 0. The van der Waals surface area contributed by atoms with Crippen LogP contribution in [0.3, 0.4) is 0 Å². The van der Waals surface area contributed by atoms with Crippen molar-refractivity contribution in [3.8, 4) is 12.1 Å². The molecule has 160 valence electrons. The topological polar surface area (TPSA) is 156 Å². The summed E-state index contributed by atoms with van der Waals surface area (Å²) in [5.74, 6) is -6.54. The maximum absolute atomic E-state index is 13.3. The molecule has 0 radical (unpaired) electrons. The summed E-state index contributed by atoms with van der Waals surface area (Å²) in [4.78, 5) is 79.8. The van der Waals surface area contributed by atoms with Gasteiger partial charge in [-0.25, -0.2) is 9.80 Å². The fourth-order valence-electron chi connectivity index (χ4n) is 4.09. The number of rotatable bonds is 2. The Hall–Kier alpha value is -5.48. The summed E-state index contributed by atoms with van der Waals surface area (Å²) in [6.07, 6.45) is 0. The number of hydrogen-bond donors (Lipinski definition) is 0. The fourth-order valence-corrected chi connectivity index (χ4v) is 4.09. The molecule has 2 aromatic rings. The molecule has 0 bridgehead atoms. The number of amides is 4. The highest BCUT2D eigenvalue weighted by molar-refractivity contribution is 6.36. The number of ketones is 2. The van der Waals surface area contributed by atoms with Gasteiger partial charge in [-0.05, 0) is 24.3 Å². The number of Topliss-reactive ketones (excluding diaryl/α,β-unsaturated/α-hetero) is 2. The summed E-state index contributed by atoms with van der Waals surface area (Å²) in [7, 11) is 0. The van der Waals surface area contributed by atoms with Gasteiger partial charge >= 0.3 is 0 Å². The maximum atomic E-state index is 13.3. The Labute approximate surface area is 190 Å². The number of carbonyl (C=O) groups is 6. The van der Waals surface area contributed by atoms with Gasteiger partial charge < -0.3 is 0 Å². The number of nitrogens with zero attached hydrogens (tertiary/aromatic N) is 4. The second-order valence-corrected chi connectivity index (χ2v) is 7.31. The average Bonchev–Trinajstić information content (AvgIpc) is 3.25. The average molecular weight is 448 g/mol. The lowest BCUT2D eigenvalue weighted by molar-refractivity contribution is -0.117. The highest BCUT2D eigenvalue weighted by Crippen LogP contribution is 2.37. The van der Waals surface area contributed by atoms with E-state index in [4.69, 9.17) is 0 Å². The third kappa shape index (κ3) is 2.42. The SMILES string of the molecule is N#CC1=C(C#N)C(=O)C(N2C(=O)c3ccccc3C2=O)=C(N2C(=O)c3ccccc3C2=O)C1=O. The Bertz CT molecular complexity index is 1410. The van der Waals surface area contributed by atoms with E-state index in [0.29, 0.717) is 9.80 Å². The van der Waals surface area contributed by atoms with Gasteiger partial charge in [-0.3, -0.25) is 28.8 Å². The van der Waals surface area contributed by atoms with Crippen molar-refractivity contribution in [2.24, 2.45) is 0 Å². The van der Waals surface area contributed by atoms with E-state index in [1.165, 1.54) is 60.7 Å². The smallest absolute Gasteiger partial charge is 0.266 e. The van der Waals surface area contributed by atoms with Gasteiger partial charge in [0, 0.05) is 0 Å². The van der Waals surface area contributed by atoms with E-state index in [0.717, 1.165) is 0 Å². The lowest BCUT2D eigenvalue weighted by Crippen LogP contribution is -2.44. The first-order chi connectivity index (χ1) is 16.3. The number of benzene rings is 2. The molecule has 0 saturated heterocycles. The van der Waals surface area contributed by atoms with Gasteiger partial charge in [-0.15, -0.1) is 0 Å². The minimum atomic E-state index is -1.31. The molecule has 2 heterocycles. The highest BCUT2D eigenvalue weighted by Gasteiger charge is 2.51. The van der Waals surface area contributed by atoms with E-state index < -0.39 is 57.7 Å². The summed E-state index contributed by atoms with van der Waals surface area (Å²) >= 11 is 0. The summed E-state index contributed by atoms with van der Waals surface area (Å²) in [6.45, 7) is 0. The zero-order chi connectivity index (χ0) is 24.3. The molecule has 3 aliphatic rings. The molecule has 0 saturated carbocycles. The van der Waals surface area contributed by atoms with Crippen LogP contribution in [-0.4, -0.2) is 45.0 Å². The molecule has 4 amide bonds. The molecule has 2 aliphatic heterocycles. The molecule has 0 aromatic heterocycles. The van der Waals surface area contributed by atoms with Crippen molar-refractivity contribution in [3.05, 3.63) is 93.3 Å². The first kappa shape index (κ1) is 20.4. The minimum Gasteiger partial charge on any atom is -0.286 e. The van der Waals surface area contributed by atoms with E-state index >= 15 is 0 Å². The van der Waals surface area contributed by atoms with Crippen molar-refractivity contribution in [1.29, 1.82) is 10.5 Å². The van der Waals surface area contributed by atoms with Crippen LogP contribution in [-0.2, 0) is 9.59 Å². The van der Waals surface area contributed by atoms with Crippen LogP contribution in [0.25, 0.3) is 0 Å². The third-order valence-electron chi connectivity index (χ3n) is 5.62. The van der Waals surface area contributed by atoms with Crippen LogP contribution in [0, 0.1) is 22.7 Å². The number of hydrogen-bond acceptors (Lipinski definition) is 8. The Kier molecular flexibility index (Phi) is 4.22. The van der Waals surface area contributed by atoms with Gasteiger partial charge in [-0.1, -0.05) is 24.3 Å². The van der Waals surface area contributed by atoms with Crippen LogP contribution in [0.4, 0.5) is 0 Å². The van der Waals surface area contributed by atoms with Crippen LogP contribution in [0.15, 0.2) is 71.1 Å². The van der Waals surface area contributed by atoms with E-state index in [9.17, 15) is 39.3 Å². The summed E-state index contributed by atoms with van der Waals surface area (Å²) in [5.41, 5.74) is -3.96. The van der Waals surface area contributed by atoms with Crippen molar-refractivity contribution >= 4 is 35.2 Å². The van der Waals surface area contributed by atoms with Crippen molar-refractivity contribution in [2.45, 2.75) is 0 Å². The van der Waals surface area contributed by atoms with E-state index in [1.54, 1.807) is 0 Å². The first-order valence-corrected chi connectivity index (χ1v) is 9.67. The number of allylic oxidation sites excluding steroid dienone is 2. The van der Waals surface area contributed by atoms with E-state index in [2.05, 4.69) is 0 Å². The fraction of sp³-hybridized carbons (Fsp3) is 0. The van der Waals surface area contributed by atoms with Crippen LogP contribution >= 0.6 is 0 Å². The molecule has 10 nitrogen and oxygen atoms in total. The molecule has 10 heteroatoms. The van der Waals surface area contributed by atoms with Crippen molar-refractivity contribution in [1.82, 2.24) is 9.80 Å². The Morgan fingerprint density at radius 1 is 0.500 bits per heavy atom. The van der Waals surface area contributed by atoms with Gasteiger partial charge in [-0.2, -0.15) is 10.5 Å². The third-order valence-corrected chi connectivity index (χ3v) is 5.62. The predicted octanol–water partition coefficient (Wildman–Crippen LogP) is 1.29. The van der Waals surface area contributed by atoms with E-state index in [-0.39, 0.29) is 22.3 Å². The zero-order valence-electron chi connectivity index (χ0n) is 16.9. The van der Waals surface area contributed by atoms with Crippen LogP contribution in [0.2, 0.25) is 0 Å². The lowest BCUT2D eigenvalue weighted by Gasteiger charge is -2.27. The van der Waals surface area contributed by atoms with Crippen molar-refractivity contribution in [2.75, 3.05) is 0 Å². The molecule has 2 aromatic carbocycles. The Morgan fingerprint density at radius 2 is 0.765 bits per heavy atom. The highest BCUT2D eigenvalue weighted by atomic mass is 16.2. The normalized spacial score (nSPS) is 17.4. The Balaban J connectivity index is 1.80. The number of carbonyl (C=O) groups excluding carboxylic acids is 6. The van der Waals surface area contributed by atoms with Gasteiger partial charge in [0.25, 0.3) is 23.6 Å². The Morgan fingerprint density at radius 3 is 1.00 bits per heavy atom. The molecule has 5 rings (SSSR count). The van der Waals surface area contributed by atoms with Gasteiger partial charge in [0.05, 0.1) is 22.3 Å². The van der Waals surface area contributed by atoms with Crippen LogP contribution in [0.1, 0.15) is 41.4 Å². The van der Waals surface area contributed by atoms with Crippen molar-refractivity contribution in [3.63, 3.8) is 0 Å². The number of nitriles is 2. The lowest BCUT2D eigenvalue weighted by atomic mass is 9.90. The number of fused-ring (bicyclic) bond motifs is 2. The molecule has 0 N–H and O–H groups in total. The quantitative estimate of drug-likeness (QED) is 0.491. The minimum absolute atomic E-state index is 0.0736. The van der Waals surface area contributed by atoms with Crippen LogP contribution in [0.5, 0.6) is 0 Å². The standard InChI is InChI=1S/C24H8N4O6/c25-9-15-16(10-26)20(30)18(28-23(33)13-7-3-4-8-14(13)24(28)34)17(19(15)29)27-21(31)11-5-1-2-6-12(11)22(27)32/h1-8H.